The largest absolute Gasteiger partial charge is 0.326 e. The summed E-state index contributed by atoms with van der Waals surface area (Å²) in [6.07, 6.45) is 0. The summed E-state index contributed by atoms with van der Waals surface area (Å²) in [5.41, 5.74) is 5.79. The van der Waals surface area contributed by atoms with Gasteiger partial charge in [-0.05, 0) is 5.92 Å². The average Bonchev–Trinajstić information content (AvgIpc) is 2.27. The number of sulfonamides is 1. The fourth-order valence-electron chi connectivity index (χ4n) is 1.53. The van der Waals surface area contributed by atoms with Crippen LogP contribution in [-0.4, -0.2) is 44.7 Å². The second-order valence-electron chi connectivity index (χ2n) is 3.77. The lowest BCUT2D eigenvalue weighted by atomic mass is 10.1. The number of rotatable bonds is 3. The maximum absolute atomic E-state index is 10.7. The molecule has 1 rings (SSSR count). The topological polar surface area (TPSA) is 89.4 Å². The van der Waals surface area contributed by atoms with Crippen LogP contribution in [-0.2, 0) is 10.0 Å². The van der Waals surface area contributed by atoms with Gasteiger partial charge in [0.2, 0.25) is 10.0 Å². The Balaban J connectivity index is 2.33. The smallest absolute Gasteiger partial charge is 0.210 e. The number of hydrogen-bond donors (Lipinski definition) is 2. The minimum Gasteiger partial charge on any atom is -0.326 e. The van der Waals surface area contributed by atoms with E-state index in [4.69, 9.17) is 10.9 Å². The van der Waals surface area contributed by atoms with Gasteiger partial charge in [0, 0.05) is 25.7 Å². The molecule has 1 saturated heterocycles. The minimum atomic E-state index is -3.33. The Labute approximate surface area is 79.1 Å². The van der Waals surface area contributed by atoms with Gasteiger partial charge < -0.3 is 10.6 Å². The van der Waals surface area contributed by atoms with Crippen LogP contribution in [0, 0.1) is 5.92 Å². The highest BCUT2D eigenvalue weighted by molar-refractivity contribution is 7.89. The molecule has 1 aliphatic rings. The standard InChI is InChI=1S/C7H17N3O2S/c1-6-4-10(5-7(6)8)2-3-13(9,11)12/h6-7H,2-5,8H2,1H3,(H2,9,11,12). The van der Waals surface area contributed by atoms with Crippen LogP contribution in [0.2, 0.25) is 0 Å². The van der Waals surface area contributed by atoms with Crippen molar-refractivity contribution in [1.29, 1.82) is 0 Å². The normalized spacial score (nSPS) is 31.0. The van der Waals surface area contributed by atoms with Gasteiger partial charge in [-0.2, -0.15) is 0 Å². The molecule has 13 heavy (non-hydrogen) atoms. The number of hydrogen-bond acceptors (Lipinski definition) is 4. The average molecular weight is 207 g/mol. The first-order valence-electron chi connectivity index (χ1n) is 4.37. The maximum Gasteiger partial charge on any atom is 0.210 e. The second-order valence-corrected chi connectivity index (χ2v) is 5.50. The number of nitrogens with two attached hydrogens (primary N) is 2. The van der Waals surface area contributed by atoms with Crippen LogP contribution >= 0.6 is 0 Å². The van der Waals surface area contributed by atoms with Crippen LogP contribution in [0.1, 0.15) is 6.92 Å². The van der Waals surface area contributed by atoms with Crippen LogP contribution in [0.3, 0.4) is 0 Å². The van der Waals surface area contributed by atoms with Crippen molar-refractivity contribution < 1.29 is 8.42 Å². The molecule has 2 unspecified atom stereocenters. The quantitative estimate of drug-likeness (QED) is 0.593. The van der Waals surface area contributed by atoms with Gasteiger partial charge in [-0.3, -0.25) is 0 Å². The summed E-state index contributed by atoms with van der Waals surface area (Å²) in [4.78, 5) is 2.04. The van der Waals surface area contributed by atoms with Crippen LogP contribution in [0.25, 0.3) is 0 Å². The third-order valence-corrected chi connectivity index (χ3v) is 3.19. The van der Waals surface area contributed by atoms with Crippen molar-refractivity contribution in [3.63, 3.8) is 0 Å². The maximum atomic E-state index is 10.7. The van der Waals surface area contributed by atoms with Crippen molar-refractivity contribution in [2.24, 2.45) is 16.8 Å². The molecule has 0 spiro atoms. The molecule has 0 saturated carbocycles. The monoisotopic (exact) mass is 207 g/mol. The lowest BCUT2D eigenvalue weighted by molar-refractivity contribution is 0.345. The summed E-state index contributed by atoms with van der Waals surface area (Å²) >= 11 is 0. The van der Waals surface area contributed by atoms with Gasteiger partial charge in [0.1, 0.15) is 0 Å². The lowest BCUT2D eigenvalue weighted by Gasteiger charge is -2.13. The molecule has 0 amide bonds. The predicted octanol–water partition coefficient (Wildman–Crippen LogP) is -1.45. The van der Waals surface area contributed by atoms with Gasteiger partial charge in [-0.15, -0.1) is 0 Å². The van der Waals surface area contributed by atoms with E-state index in [9.17, 15) is 8.42 Å². The van der Waals surface area contributed by atoms with E-state index < -0.39 is 10.0 Å². The molecule has 2 atom stereocenters. The zero-order chi connectivity index (χ0) is 10.1. The third-order valence-electron chi connectivity index (χ3n) is 2.44. The molecule has 0 aromatic rings. The summed E-state index contributed by atoms with van der Waals surface area (Å²) in [5, 5.41) is 4.90. The molecule has 0 radical (unpaired) electrons. The van der Waals surface area contributed by atoms with Crippen molar-refractivity contribution in [3.05, 3.63) is 0 Å². The van der Waals surface area contributed by atoms with Crippen molar-refractivity contribution in [1.82, 2.24) is 4.90 Å². The molecule has 78 valence electrons. The van der Waals surface area contributed by atoms with Gasteiger partial charge >= 0.3 is 0 Å². The molecular formula is C7H17N3O2S. The zero-order valence-electron chi connectivity index (χ0n) is 7.81. The van der Waals surface area contributed by atoms with E-state index in [2.05, 4.69) is 6.92 Å². The molecule has 1 aliphatic heterocycles. The lowest BCUT2D eigenvalue weighted by Crippen LogP contribution is -2.32. The van der Waals surface area contributed by atoms with Crippen molar-refractivity contribution in [3.8, 4) is 0 Å². The van der Waals surface area contributed by atoms with E-state index in [1.807, 2.05) is 4.90 Å². The Hall–Kier alpha value is -0.170. The summed E-state index contributed by atoms with van der Waals surface area (Å²) < 4.78 is 21.3. The molecule has 0 aliphatic carbocycles. The molecule has 0 aromatic carbocycles. The van der Waals surface area contributed by atoms with Crippen molar-refractivity contribution in [2.45, 2.75) is 13.0 Å². The summed E-state index contributed by atoms with van der Waals surface area (Å²) in [6, 6.07) is 0.167. The van der Waals surface area contributed by atoms with Gasteiger partial charge in [-0.25, -0.2) is 13.6 Å². The number of nitrogens with zero attached hydrogens (tertiary/aromatic N) is 1. The van der Waals surface area contributed by atoms with Crippen molar-refractivity contribution >= 4 is 10.0 Å². The predicted molar refractivity (Wildman–Crippen MR) is 51.6 cm³/mol. The molecule has 1 heterocycles. The fourth-order valence-corrected chi connectivity index (χ4v) is 2.05. The Kier molecular flexibility index (Phi) is 3.28. The Bertz CT molecular complexity index is 255. The molecule has 0 aromatic heterocycles. The molecule has 1 fully saturated rings. The summed E-state index contributed by atoms with van der Waals surface area (Å²) in [7, 11) is -3.33. The van der Waals surface area contributed by atoms with E-state index in [1.165, 1.54) is 0 Å². The highest BCUT2D eigenvalue weighted by Crippen LogP contribution is 2.13. The Morgan fingerprint density at radius 2 is 2.08 bits per heavy atom. The first-order valence-corrected chi connectivity index (χ1v) is 6.08. The van der Waals surface area contributed by atoms with Crippen LogP contribution in [0.4, 0.5) is 0 Å². The minimum absolute atomic E-state index is 0.0203. The van der Waals surface area contributed by atoms with Crippen LogP contribution < -0.4 is 10.9 Å². The number of primary sulfonamides is 1. The van der Waals surface area contributed by atoms with E-state index >= 15 is 0 Å². The van der Waals surface area contributed by atoms with Gasteiger partial charge in [0.05, 0.1) is 5.75 Å². The molecule has 0 bridgehead atoms. The van der Waals surface area contributed by atoms with E-state index in [0.29, 0.717) is 12.5 Å². The fraction of sp³-hybridized carbons (Fsp3) is 1.00. The zero-order valence-corrected chi connectivity index (χ0v) is 8.63. The highest BCUT2D eigenvalue weighted by Gasteiger charge is 2.26. The van der Waals surface area contributed by atoms with E-state index in [1.54, 1.807) is 0 Å². The molecular weight excluding hydrogens is 190 g/mol. The van der Waals surface area contributed by atoms with E-state index in [-0.39, 0.29) is 11.8 Å². The summed E-state index contributed by atoms with van der Waals surface area (Å²) in [5.74, 6) is 0.465. The Morgan fingerprint density at radius 3 is 2.46 bits per heavy atom. The Morgan fingerprint density at radius 1 is 1.46 bits per heavy atom. The second kappa shape index (κ2) is 3.91. The van der Waals surface area contributed by atoms with Gasteiger partial charge in [0.15, 0.2) is 0 Å². The van der Waals surface area contributed by atoms with Crippen LogP contribution in [0.5, 0.6) is 0 Å². The molecule has 5 nitrogen and oxygen atoms in total. The van der Waals surface area contributed by atoms with Crippen LogP contribution in [0.15, 0.2) is 0 Å². The first kappa shape index (κ1) is 10.9. The van der Waals surface area contributed by atoms with E-state index in [0.717, 1.165) is 13.1 Å². The van der Waals surface area contributed by atoms with Gasteiger partial charge in [-0.1, -0.05) is 6.92 Å². The summed E-state index contributed by atoms with van der Waals surface area (Å²) in [6.45, 7) is 4.21. The third kappa shape index (κ3) is 3.60. The highest BCUT2D eigenvalue weighted by atomic mass is 32.2. The number of likely N-dealkylation sites (tertiary alicyclic amines) is 1. The van der Waals surface area contributed by atoms with Gasteiger partial charge in [0.25, 0.3) is 0 Å². The SMILES string of the molecule is CC1CN(CCS(N)(=O)=O)CC1N. The molecule has 4 N–H and O–H groups in total. The molecule has 6 heteroatoms. The first-order chi connectivity index (χ1) is 5.88. The van der Waals surface area contributed by atoms with Crippen molar-refractivity contribution in [2.75, 3.05) is 25.4 Å².